The first-order valence-corrected chi connectivity index (χ1v) is 12.9. The average Bonchev–Trinajstić information content (AvgIpc) is 3.33. The van der Waals surface area contributed by atoms with Crippen molar-refractivity contribution in [2.24, 2.45) is 0 Å². The molecule has 2 aliphatic heterocycles. The van der Waals surface area contributed by atoms with Crippen molar-refractivity contribution in [2.45, 2.75) is 28.7 Å². The molecule has 32 heavy (non-hydrogen) atoms. The van der Waals surface area contributed by atoms with E-state index in [0.29, 0.717) is 11.6 Å². The fraction of sp³-hybridized carbons (Fsp3) is 0.409. The van der Waals surface area contributed by atoms with Crippen LogP contribution in [-0.2, 0) is 14.8 Å². The quantitative estimate of drug-likeness (QED) is 0.591. The lowest BCUT2D eigenvalue weighted by molar-refractivity contribution is 0.0694. The van der Waals surface area contributed by atoms with E-state index < -0.39 is 26.6 Å². The maximum atomic E-state index is 14.0. The van der Waals surface area contributed by atoms with Crippen LogP contribution in [0.4, 0.5) is 8.78 Å². The van der Waals surface area contributed by atoms with Crippen LogP contribution in [0.3, 0.4) is 0 Å². The van der Waals surface area contributed by atoms with Gasteiger partial charge >= 0.3 is 0 Å². The number of halogens is 2. The summed E-state index contributed by atoms with van der Waals surface area (Å²) < 4.78 is 59.8. The van der Waals surface area contributed by atoms with Crippen molar-refractivity contribution in [3.05, 3.63) is 59.7 Å². The molecule has 0 saturated carbocycles. The first kappa shape index (κ1) is 23.2. The van der Waals surface area contributed by atoms with Gasteiger partial charge in [-0.15, -0.1) is 11.8 Å². The van der Waals surface area contributed by atoms with Crippen LogP contribution in [-0.4, -0.2) is 68.2 Å². The van der Waals surface area contributed by atoms with Crippen LogP contribution in [0.5, 0.6) is 0 Å². The minimum atomic E-state index is -4.19. The van der Waals surface area contributed by atoms with Crippen LogP contribution < -0.4 is 0 Å². The highest BCUT2D eigenvalue weighted by Gasteiger charge is 2.33. The maximum Gasteiger partial charge on any atom is 0.255 e. The summed E-state index contributed by atoms with van der Waals surface area (Å²) in [6, 6.07) is 9.71. The molecule has 1 amide bonds. The Kier molecular flexibility index (Phi) is 7.14. The minimum Gasteiger partial charge on any atom is -0.377 e. The second kappa shape index (κ2) is 9.86. The largest absolute Gasteiger partial charge is 0.377 e. The monoisotopic (exact) mass is 482 g/mol. The van der Waals surface area contributed by atoms with Crippen molar-refractivity contribution in [2.75, 3.05) is 38.5 Å². The Hall–Kier alpha value is -2.01. The number of ether oxygens (including phenoxy) is 1. The number of piperazine rings is 1. The van der Waals surface area contributed by atoms with E-state index in [2.05, 4.69) is 0 Å². The van der Waals surface area contributed by atoms with Gasteiger partial charge in [0.15, 0.2) is 0 Å². The van der Waals surface area contributed by atoms with E-state index in [4.69, 9.17) is 4.74 Å². The fourth-order valence-electron chi connectivity index (χ4n) is 3.84. The Labute approximate surface area is 190 Å². The molecule has 2 aliphatic rings. The van der Waals surface area contributed by atoms with Crippen molar-refractivity contribution in [3.8, 4) is 0 Å². The summed E-state index contributed by atoms with van der Waals surface area (Å²) in [5, 5.41) is 0. The van der Waals surface area contributed by atoms with Gasteiger partial charge in [0.2, 0.25) is 10.0 Å². The molecule has 4 rings (SSSR count). The molecule has 0 bridgehead atoms. The minimum absolute atomic E-state index is 0.00918. The Morgan fingerprint density at radius 2 is 1.84 bits per heavy atom. The van der Waals surface area contributed by atoms with Crippen molar-refractivity contribution < 1.29 is 26.7 Å². The van der Waals surface area contributed by atoms with E-state index >= 15 is 0 Å². The van der Waals surface area contributed by atoms with Gasteiger partial charge < -0.3 is 9.64 Å². The molecule has 0 spiro atoms. The number of carbonyl (C=O) groups is 1. The van der Waals surface area contributed by atoms with Crippen molar-refractivity contribution >= 4 is 27.7 Å². The van der Waals surface area contributed by atoms with Gasteiger partial charge in [0.05, 0.1) is 11.7 Å². The Balaban J connectivity index is 1.42. The number of nitrogens with zero attached hydrogens (tertiary/aromatic N) is 2. The topological polar surface area (TPSA) is 66.9 Å². The van der Waals surface area contributed by atoms with E-state index in [1.54, 1.807) is 28.8 Å². The van der Waals surface area contributed by atoms with Crippen LogP contribution in [0, 0.1) is 11.6 Å². The summed E-state index contributed by atoms with van der Waals surface area (Å²) in [4.78, 5) is 14.9. The number of sulfonamides is 1. The predicted octanol–water partition coefficient (Wildman–Crippen LogP) is 3.38. The van der Waals surface area contributed by atoms with Crippen LogP contribution in [0.1, 0.15) is 23.2 Å². The summed E-state index contributed by atoms with van der Waals surface area (Å²) in [5.74, 6) is -1.22. The zero-order chi connectivity index (χ0) is 22.7. The number of rotatable bonds is 6. The molecule has 1 atom stereocenters. The smallest absolute Gasteiger partial charge is 0.255 e. The molecule has 2 aromatic carbocycles. The first-order chi connectivity index (χ1) is 15.4. The third-order valence-electron chi connectivity index (χ3n) is 5.60. The fourth-order valence-corrected chi connectivity index (χ4v) is 6.46. The van der Waals surface area contributed by atoms with Crippen LogP contribution in [0.25, 0.3) is 0 Å². The van der Waals surface area contributed by atoms with Crippen LogP contribution in [0.2, 0.25) is 0 Å². The summed E-state index contributed by atoms with van der Waals surface area (Å²) in [5.41, 5.74) is 0.572. The van der Waals surface area contributed by atoms with Crippen molar-refractivity contribution in [1.29, 1.82) is 0 Å². The zero-order valence-corrected chi connectivity index (χ0v) is 19.0. The van der Waals surface area contributed by atoms with Gasteiger partial charge in [-0.3, -0.25) is 4.79 Å². The molecular formula is C22H24F2N2O4S2. The third kappa shape index (κ3) is 4.98. The molecule has 0 aromatic heterocycles. The lowest BCUT2D eigenvalue weighted by Crippen LogP contribution is -2.50. The zero-order valence-electron chi connectivity index (χ0n) is 17.4. The van der Waals surface area contributed by atoms with Crippen LogP contribution in [0.15, 0.2) is 52.3 Å². The van der Waals surface area contributed by atoms with Gasteiger partial charge in [-0.25, -0.2) is 17.2 Å². The molecule has 2 saturated heterocycles. The van der Waals surface area contributed by atoms with E-state index in [9.17, 15) is 22.0 Å². The summed E-state index contributed by atoms with van der Waals surface area (Å²) in [6.45, 7) is 1.13. The second-order valence-corrected chi connectivity index (χ2v) is 10.7. The van der Waals surface area contributed by atoms with Gasteiger partial charge in [-0.2, -0.15) is 4.31 Å². The molecule has 2 heterocycles. The maximum absolute atomic E-state index is 14.0. The molecule has 2 aromatic rings. The number of amides is 1. The Morgan fingerprint density at radius 1 is 1.09 bits per heavy atom. The number of thioether (sulfide) groups is 1. The predicted molar refractivity (Wildman–Crippen MR) is 117 cm³/mol. The highest BCUT2D eigenvalue weighted by atomic mass is 32.2. The van der Waals surface area contributed by atoms with E-state index in [1.165, 1.54) is 0 Å². The van der Waals surface area contributed by atoms with E-state index in [1.807, 2.05) is 12.1 Å². The number of hydrogen-bond acceptors (Lipinski definition) is 5. The van der Waals surface area contributed by atoms with Gasteiger partial charge in [0.25, 0.3) is 5.91 Å². The molecule has 0 N–H and O–H groups in total. The molecule has 172 valence electrons. The summed E-state index contributed by atoms with van der Waals surface area (Å²) in [6.07, 6.45) is 2.27. The Bertz CT molecular complexity index is 1080. The highest BCUT2D eigenvalue weighted by molar-refractivity contribution is 7.99. The summed E-state index contributed by atoms with van der Waals surface area (Å²) in [7, 11) is -4.19. The summed E-state index contributed by atoms with van der Waals surface area (Å²) >= 11 is 1.59. The number of benzene rings is 2. The van der Waals surface area contributed by atoms with Crippen molar-refractivity contribution in [1.82, 2.24) is 9.21 Å². The highest BCUT2D eigenvalue weighted by Crippen LogP contribution is 2.28. The van der Waals surface area contributed by atoms with E-state index in [0.717, 1.165) is 46.5 Å². The van der Waals surface area contributed by atoms with Gasteiger partial charge in [0, 0.05) is 43.4 Å². The first-order valence-electron chi connectivity index (χ1n) is 10.4. The standard InChI is InChI=1S/C22H24F2N2O4S2/c23-16-7-8-19(24)21(14-16)32(28,29)26-11-9-25(10-12-26)22(27)18-5-1-2-6-20(18)31-15-17-4-3-13-30-17/h1-2,5-8,14,17H,3-4,9-13,15H2. The average molecular weight is 483 g/mol. The van der Waals surface area contributed by atoms with E-state index in [-0.39, 0.29) is 38.2 Å². The molecule has 0 aliphatic carbocycles. The lowest BCUT2D eigenvalue weighted by Gasteiger charge is -2.34. The third-order valence-corrected chi connectivity index (χ3v) is 8.72. The SMILES string of the molecule is O=C(c1ccccc1SCC1CCCO1)N1CCN(S(=O)(=O)c2cc(F)ccc2F)CC1. The normalized spacial score (nSPS) is 19.9. The number of carbonyl (C=O) groups excluding carboxylic acids is 1. The lowest BCUT2D eigenvalue weighted by atomic mass is 10.2. The molecule has 1 unspecified atom stereocenters. The number of hydrogen-bond donors (Lipinski definition) is 0. The molecule has 0 radical (unpaired) electrons. The molecule has 10 heteroatoms. The van der Waals surface area contributed by atoms with Gasteiger partial charge in [-0.05, 0) is 43.2 Å². The second-order valence-electron chi connectivity index (χ2n) is 7.71. The Morgan fingerprint density at radius 3 is 2.56 bits per heavy atom. The molecule has 2 fully saturated rings. The van der Waals surface area contributed by atoms with Gasteiger partial charge in [0.1, 0.15) is 16.5 Å². The van der Waals surface area contributed by atoms with Crippen molar-refractivity contribution in [3.63, 3.8) is 0 Å². The van der Waals surface area contributed by atoms with Crippen LogP contribution >= 0.6 is 11.8 Å². The molecular weight excluding hydrogens is 458 g/mol. The molecule has 6 nitrogen and oxygen atoms in total. The van der Waals surface area contributed by atoms with Gasteiger partial charge in [-0.1, -0.05) is 12.1 Å².